The van der Waals surface area contributed by atoms with Crippen LogP contribution in [0.4, 0.5) is 19.0 Å². The number of carbonyl (C=O) groups excluding carboxylic acids is 1. The minimum Gasteiger partial charge on any atom is -0.462 e. The van der Waals surface area contributed by atoms with Crippen molar-refractivity contribution >= 4 is 45.0 Å². The Kier molecular flexibility index (Phi) is 8.48. The van der Waals surface area contributed by atoms with E-state index >= 15 is 4.39 Å². The molecule has 45 heavy (non-hydrogen) atoms. The Hall–Kier alpha value is -4.47. The molecule has 232 valence electrons. The zero-order valence-corrected chi connectivity index (χ0v) is 25.2. The van der Waals surface area contributed by atoms with E-state index in [0.29, 0.717) is 28.8 Å². The number of ether oxygens (including phenoxy) is 1. The number of rotatable bonds is 7. The predicted molar refractivity (Wildman–Crippen MR) is 166 cm³/mol. The molecule has 4 heterocycles. The van der Waals surface area contributed by atoms with Crippen LogP contribution in [0.25, 0.3) is 37.8 Å². The molecule has 0 N–H and O–H groups in total. The topological polar surface area (TPSA) is 79.1 Å². The number of likely N-dealkylation sites (N-methyl/N-ethyl adjacent to an activating group) is 1. The fourth-order valence-corrected chi connectivity index (χ4v) is 6.39. The zero-order chi connectivity index (χ0) is 31.8. The maximum Gasteiger partial charge on any atom is 0.319 e. The van der Waals surface area contributed by atoms with Crippen LogP contribution in [0, 0.1) is 18.2 Å². The van der Waals surface area contributed by atoms with E-state index in [1.807, 2.05) is 7.05 Å². The van der Waals surface area contributed by atoms with Crippen molar-refractivity contribution < 1.29 is 22.7 Å². The third kappa shape index (κ3) is 5.74. The number of benzene rings is 2. The number of piperazine rings is 1. The van der Waals surface area contributed by atoms with Gasteiger partial charge in [0.25, 0.3) is 5.91 Å². The maximum absolute atomic E-state index is 16.6. The van der Waals surface area contributed by atoms with Crippen LogP contribution >= 0.6 is 11.6 Å². The van der Waals surface area contributed by atoms with E-state index < -0.39 is 29.4 Å². The van der Waals surface area contributed by atoms with Crippen molar-refractivity contribution in [3.05, 3.63) is 77.0 Å². The molecule has 2 aromatic carbocycles. The van der Waals surface area contributed by atoms with Gasteiger partial charge in [-0.05, 0) is 37.9 Å². The fourth-order valence-electron chi connectivity index (χ4n) is 6.12. The molecule has 2 aromatic heterocycles. The number of aromatic nitrogens is 3. The molecule has 9 nitrogen and oxygen atoms in total. The third-order valence-corrected chi connectivity index (χ3v) is 8.86. The number of hydrogen-bond acceptors (Lipinski definition) is 7. The lowest BCUT2D eigenvalue weighted by Crippen LogP contribution is -2.56. The van der Waals surface area contributed by atoms with Gasteiger partial charge in [-0.15, -0.1) is 0 Å². The van der Waals surface area contributed by atoms with Crippen molar-refractivity contribution in [2.75, 3.05) is 51.3 Å². The number of carbonyl (C=O) groups is 1. The lowest BCUT2D eigenvalue weighted by Gasteiger charge is -2.39. The quantitative estimate of drug-likeness (QED) is 0.191. The van der Waals surface area contributed by atoms with Gasteiger partial charge in [0.2, 0.25) is 6.54 Å². The molecular formula is C32H29ClF3N7O2. The summed E-state index contributed by atoms with van der Waals surface area (Å²) in [5.41, 5.74) is 0.151. The second-order valence-corrected chi connectivity index (χ2v) is 11.6. The molecule has 2 aliphatic heterocycles. The minimum atomic E-state index is -1.11. The van der Waals surface area contributed by atoms with Crippen LogP contribution in [0.3, 0.4) is 0 Å². The lowest BCUT2D eigenvalue weighted by molar-refractivity contribution is -0.131. The molecule has 13 heteroatoms. The highest BCUT2D eigenvalue weighted by molar-refractivity contribution is 6.36. The van der Waals surface area contributed by atoms with E-state index in [1.54, 1.807) is 29.2 Å². The van der Waals surface area contributed by atoms with E-state index in [2.05, 4.69) is 31.3 Å². The average molecular weight is 636 g/mol. The molecule has 2 atom stereocenters. The number of nitrogens with zero attached hydrogens (tertiary/aromatic N) is 7. The van der Waals surface area contributed by atoms with Crippen molar-refractivity contribution in [3.63, 3.8) is 0 Å². The van der Waals surface area contributed by atoms with Crippen LogP contribution in [0.2, 0.25) is 5.02 Å². The SMILES string of the molecule is [C-]#[N+]C[C@H]1CN(c2nc(OC[C@@H]3CCCN3C)nc3c(F)c(-c4cccc5ccc(F)c(Cl)c45)ncc23)CCN1C(=O)C(=C)F. The molecule has 0 unspecified atom stereocenters. The molecule has 4 aromatic rings. The summed E-state index contributed by atoms with van der Waals surface area (Å²) in [6, 6.07) is 7.32. The number of amides is 1. The molecule has 2 fully saturated rings. The van der Waals surface area contributed by atoms with Crippen molar-refractivity contribution in [2.45, 2.75) is 24.9 Å². The smallest absolute Gasteiger partial charge is 0.319 e. The second-order valence-electron chi connectivity index (χ2n) is 11.2. The van der Waals surface area contributed by atoms with Gasteiger partial charge >= 0.3 is 6.01 Å². The first-order valence-corrected chi connectivity index (χ1v) is 14.9. The number of halogens is 4. The number of hydrogen-bond donors (Lipinski definition) is 0. The van der Waals surface area contributed by atoms with Crippen LogP contribution in [-0.2, 0) is 4.79 Å². The summed E-state index contributed by atoms with van der Waals surface area (Å²) in [6.07, 6.45) is 3.41. The summed E-state index contributed by atoms with van der Waals surface area (Å²) in [6.45, 7) is 12.1. The van der Waals surface area contributed by atoms with E-state index in [1.165, 1.54) is 17.2 Å². The van der Waals surface area contributed by atoms with Crippen molar-refractivity contribution in [1.29, 1.82) is 0 Å². The van der Waals surface area contributed by atoms with E-state index in [-0.39, 0.29) is 59.9 Å². The van der Waals surface area contributed by atoms with Crippen LogP contribution in [-0.4, -0.2) is 89.1 Å². The number of fused-ring (bicyclic) bond motifs is 2. The van der Waals surface area contributed by atoms with Crippen molar-refractivity contribution in [1.82, 2.24) is 24.8 Å². The van der Waals surface area contributed by atoms with Crippen LogP contribution < -0.4 is 9.64 Å². The van der Waals surface area contributed by atoms with Gasteiger partial charge in [-0.25, -0.2) is 19.7 Å². The second kappa shape index (κ2) is 12.5. The molecular weight excluding hydrogens is 607 g/mol. The number of likely N-dealkylation sites (tertiary alicyclic amines) is 1. The molecule has 1 amide bonds. The van der Waals surface area contributed by atoms with Gasteiger partial charge in [0.05, 0.1) is 10.4 Å². The average Bonchev–Trinajstić information content (AvgIpc) is 3.45. The number of pyridine rings is 1. The first kappa shape index (κ1) is 30.6. The Balaban J connectivity index is 1.46. The Morgan fingerprint density at radius 1 is 1.18 bits per heavy atom. The molecule has 0 spiro atoms. The molecule has 0 aliphatic carbocycles. The highest BCUT2D eigenvalue weighted by Gasteiger charge is 2.35. The monoisotopic (exact) mass is 635 g/mol. The van der Waals surface area contributed by atoms with Gasteiger partial charge in [-0.3, -0.25) is 9.78 Å². The highest BCUT2D eigenvalue weighted by atomic mass is 35.5. The Bertz CT molecular complexity index is 1870. The normalized spacial score (nSPS) is 18.8. The maximum atomic E-state index is 16.6. The zero-order valence-electron chi connectivity index (χ0n) is 24.4. The van der Waals surface area contributed by atoms with E-state index in [4.69, 9.17) is 22.9 Å². The van der Waals surface area contributed by atoms with Gasteiger partial charge in [0.1, 0.15) is 35.5 Å². The largest absolute Gasteiger partial charge is 0.462 e. The van der Waals surface area contributed by atoms with Gasteiger partial charge in [0, 0.05) is 42.8 Å². The van der Waals surface area contributed by atoms with Crippen LogP contribution in [0.1, 0.15) is 12.8 Å². The summed E-state index contributed by atoms with van der Waals surface area (Å²) < 4.78 is 50.9. The van der Waals surface area contributed by atoms with Gasteiger partial charge < -0.3 is 24.3 Å². The molecule has 2 saturated heterocycles. The minimum absolute atomic E-state index is 0.0479. The van der Waals surface area contributed by atoms with Crippen molar-refractivity contribution in [3.8, 4) is 17.3 Å². The van der Waals surface area contributed by atoms with Gasteiger partial charge in [0.15, 0.2) is 11.6 Å². The van der Waals surface area contributed by atoms with E-state index in [9.17, 15) is 13.6 Å². The summed E-state index contributed by atoms with van der Waals surface area (Å²) in [4.78, 5) is 34.7. The molecule has 6 rings (SSSR count). The van der Waals surface area contributed by atoms with Gasteiger partial charge in [-0.2, -0.15) is 9.97 Å². The molecule has 0 radical (unpaired) electrons. The van der Waals surface area contributed by atoms with E-state index in [0.717, 1.165) is 19.4 Å². The fraction of sp³-hybridized carbons (Fsp3) is 0.344. The third-order valence-electron chi connectivity index (χ3n) is 8.49. The molecule has 0 bridgehead atoms. The van der Waals surface area contributed by atoms with Crippen molar-refractivity contribution in [2.24, 2.45) is 0 Å². The number of anilines is 1. The van der Waals surface area contributed by atoms with Crippen LogP contribution in [0.15, 0.2) is 48.9 Å². The summed E-state index contributed by atoms with van der Waals surface area (Å²) in [5.74, 6) is -3.09. The summed E-state index contributed by atoms with van der Waals surface area (Å²) >= 11 is 6.35. The Labute approximate surface area is 262 Å². The highest BCUT2D eigenvalue weighted by Crippen LogP contribution is 2.38. The standard InChI is InChI=1S/C32H29ClF3N7O2/c1-18(34)31(44)43-13-12-42(16-21(43)14-37-2)30-23-15-38-28(22-8-4-6-19-9-10-24(35)26(33)25(19)22)27(36)29(23)39-32(40-30)45-17-20-7-5-11-41(20)3/h4,6,8-10,15,20-21H,1,5,7,11-14,16-17H2,3H3/t20-,21-/m0/s1. The summed E-state index contributed by atoms with van der Waals surface area (Å²) in [7, 11) is 2.01. The first-order chi connectivity index (χ1) is 21.7. The summed E-state index contributed by atoms with van der Waals surface area (Å²) in [5, 5.41) is 1.06. The van der Waals surface area contributed by atoms with Crippen LogP contribution in [0.5, 0.6) is 6.01 Å². The molecule has 0 saturated carbocycles. The molecule has 2 aliphatic rings. The van der Waals surface area contributed by atoms with Gasteiger partial charge in [-0.1, -0.05) is 42.4 Å². The lowest BCUT2D eigenvalue weighted by atomic mass is 10.0. The first-order valence-electron chi connectivity index (χ1n) is 14.5. The predicted octanol–water partition coefficient (Wildman–Crippen LogP) is 5.67. The Morgan fingerprint density at radius 3 is 2.73 bits per heavy atom. The Morgan fingerprint density at radius 2 is 2.00 bits per heavy atom.